The molecular formula is C21H19Cl2NO2. The second-order valence-electron chi connectivity index (χ2n) is 6.61. The molecule has 5 heteroatoms. The molecule has 134 valence electrons. The quantitative estimate of drug-likeness (QED) is 0.495. The number of alkyl halides is 2. The number of anilines is 2. The van der Waals surface area contributed by atoms with Crippen LogP contribution in [0.15, 0.2) is 72.0 Å². The van der Waals surface area contributed by atoms with Gasteiger partial charge in [0.1, 0.15) is 11.8 Å². The number of hydrogen-bond donors (Lipinski definition) is 0. The number of halogens is 2. The van der Waals surface area contributed by atoms with Crippen LogP contribution in [0.4, 0.5) is 11.4 Å². The fraction of sp³-hybridized carbons (Fsp3) is 0.286. The third kappa shape index (κ3) is 3.00. The van der Waals surface area contributed by atoms with Crippen molar-refractivity contribution >= 4 is 40.5 Å². The van der Waals surface area contributed by atoms with E-state index in [1.165, 1.54) is 0 Å². The molecule has 0 spiro atoms. The van der Waals surface area contributed by atoms with E-state index in [0.717, 1.165) is 48.4 Å². The lowest BCUT2D eigenvalue weighted by molar-refractivity contribution is -0.142. The van der Waals surface area contributed by atoms with Crippen LogP contribution < -0.4 is 4.90 Å². The van der Waals surface area contributed by atoms with E-state index < -0.39 is 16.3 Å². The first-order valence-corrected chi connectivity index (χ1v) is 9.56. The first-order chi connectivity index (χ1) is 12.6. The van der Waals surface area contributed by atoms with E-state index in [1.54, 1.807) is 0 Å². The highest BCUT2D eigenvalue weighted by atomic mass is 35.5. The molecule has 0 aromatic heterocycles. The number of benzene rings is 2. The predicted octanol–water partition coefficient (Wildman–Crippen LogP) is 5.75. The van der Waals surface area contributed by atoms with Gasteiger partial charge in [-0.1, -0.05) is 59.6 Å². The Balaban J connectivity index is 1.92. The summed E-state index contributed by atoms with van der Waals surface area (Å²) in [6.45, 7) is 0. The van der Waals surface area contributed by atoms with E-state index in [0.29, 0.717) is 0 Å². The van der Waals surface area contributed by atoms with E-state index >= 15 is 0 Å². The van der Waals surface area contributed by atoms with Gasteiger partial charge in [0.05, 0.1) is 0 Å². The van der Waals surface area contributed by atoms with E-state index in [1.807, 2.05) is 60.7 Å². The van der Waals surface area contributed by atoms with E-state index in [2.05, 4.69) is 4.90 Å². The summed E-state index contributed by atoms with van der Waals surface area (Å²) in [6, 6.07) is 19.3. The number of para-hydroxylation sites is 2. The van der Waals surface area contributed by atoms with Crippen molar-refractivity contribution in [3.05, 3.63) is 72.0 Å². The number of rotatable bonds is 3. The van der Waals surface area contributed by atoms with Gasteiger partial charge in [0.15, 0.2) is 0 Å². The van der Waals surface area contributed by atoms with Crippen LogP contribution in [0.3, 0.4) is 0 Å². The summed E-state index contributed by atoms with van der Waals surface area (Å²) in [5.41, 5.74) is 2.89. The van der Waals surface area contributed by atoms with Crippen molar-refractivity contribution in [3.8, 4) is 0 Å². The van der Waals surface area contributed by atoms with E-state index in [-0.39, 0.29) is 0 Å². The molecule has 0 fully saturated rings. The van der Waals surface area contributed by atoms with Crippen molar-refractivity contribution in [1.29, 1.82) is 0 Å². The average molecular weight is 388 g/mol. The molecule has 0 saturated heterocycles. The summed E-state index contributed by atoms with van der Waals surface area (Å²) in [6.07, 6.45) is 3.62. The zero-order valence-corrected chi connectivity index (χ0v) is 15.7. The van der Waals surface area contributed by atoms with Gasteiger partial charge in [-0.25, -0.2) is 4.79 Å². The Hall–Kier alpha value is -1.97. The predicted molar refractivity (Wildman–Crippen MR) is 105 cm³/mol. The Morgan fingerprint density at radius 3 is 2.00 bits per heavy atom. The highest BCUT2D eigenvalue weighted by Crippen LogP contribution is 2.48. The van der Waals surface area contributed by atoms with Crippen LogP contribution in [0.25, 0.3) is 0 Å². The molecule has 0 amide bonds. The number of hydrogen-bond acceptors (Lipinski definition) is 3. The van der Waals surface area contributed by atoms with Crippen LogP contribution >= 0.6 is 23.2 Å². The minimum Gasteiger partial charge on any atom is -0.429 e. The van der Waals surface area contributed by atoms with Gasteiger partial charge in [-0.15, -0.1) is 0 Å². The fourth-order valence-corrected chi connectivity index (χ4v) is 4.30. The smallest absolute Gasteiger partial charge is 0.350 e. The van der Waals surface area contributed by atoms with Gasteiger partial charge in [-0.3, -0.25) is 0 Å². The summed E-state index contributed by atoms with van der Waals surface area (Å²) in [4.78, 5) is 14.7. The van der Waals surface area contributed by atoms with Gasteiger partial charge < -0.3 is 9.64 Å². The largest absolute Gasteiger partial charge is 0.429 e. The van der Waals surface area contributed by atoms with Crippen molar-refractivity contribution in [1.82, 2.24) is 0 Å². The Morgan fingerprint density at radius 1 is 0.885 bits per heavy atom. The molecule has 2 aromatic rings. The molecule has 4 rings (SSSR count). The summed E-state index contributed by atoms with van der Waals surface area (Å²) in [5, 5.41) is 0. The van der Waals surface area contributed by atoms with Gasteiger partial charge in [0.2, 0.25) is 4.33 Å². The molecule has 1 aliphatic carbocycles. The SMILES string of the molecule is O=C1OC2=C(CCCC2)C(N(c2ccccc2)c2ccccc2)C1(Cl)Cl. The van der Waals surface area contributed by atoms with Crippen molar-refractivity contribution in [3.63, 3.8) is 0 Å². The standard InChI is InChI=1S/C21H19Cl2NO2/c22-21(23)19(17-13-7-8-14-18(17)26-20(21)25)24(15-9-3-1-4-10-15)16-11-5-2-6-12-16/h1-6,9-12,19H,7-8,13-14H2. The number of allylic oxidation sites excluding steroid dienone is 1. The molecule has 0 radical (unpaired) electrons. The molecular weight excluding hydrogens is 369 g/mol. The molecule has 1 aliphatic heterocycles. The van der Waals surface area contributed by atoms with Gasteiger partial charge >= 0.3 is 5.97 Å². The molecule has 1 atom stereocenters. The summed E-state index contributed by atoms with van der Waals surface area (Å²) < 4.78 is 3.83. The lowest BCUT2D eigenvalue weighted by atomic mass is 9.87. The normalized spacial score (nSPS) is 21.8. The second kappa shape index (κ2) is 6.98. The molecule has 1 unspecified atom stereocenters. The number of esters is 1. The molecule has 3 nitrogen and oxygen atoms in total. The summed E-state index contributed by atoms with van der Waals surface area (Å²) >= 11 is 13.2. The maximum atomic E-state index is 12.6. The zero-order chi connectivity index (χ0) is 18.1. The van der Waals surface area contributed by atoms with Gasteiger partial charge in [0.25, 0.3) is 0 Å². The average Bonchev–Trinajstić information content (AvgIpc) is 2.67. The Labute approximate surface area is 163 Å². The van der Waals surface area contributed by atoms with Crippen LogP contribution in [0.2, 0.25) is 0 Å². The lowest BCUT2D eigenvalue weighted by Crippen LogP contribution is -2.54. The topological polar surface area (TPSA) is 29.5 Å². The first kappa shape index (κ1) is 17.4. The highest BCUT2D eigenvalue weighted by molar-refractivity contribution is 6.58. The third-order valence-corrected chi connectivity index (χ3v) is 5.67. The van der Waals surface area contributed by atoms with Crippen molar-refractivity contribution in [2.45, 2.75) is 36.1 Å². The minimum atomic E-state index is -1.68. The van der Waals surface area contributed by atoms with Gasteiger partial charge in [-0.2, -0.15) is 0 Å². The van der Waals surface area contributed by atoms with Crippen LogP contribution in [-0.4, -0.2) is 16.3 Å². The number of ether oxygens (including phenoxy) is 1. The molecule has 0 bridgehead atoms. The Bertz CT molecular complexity index is 794. The van der Waals surface area contributed by atoms with Gasteiger partial charge in [0, 0.05) is 17.8 Å². The highest BCUT2D eigenvalue weighted by Gasteiger charge is 2.54. The monoisotopic (exact) mass is 387 g/mol. The minimum absolute atomic E-state index is 0.507. The number of carbonyl (C=O) groups excluding carboxylic acids is 1. The maximum absolute atomic E-state index is 12.6. The number of carbonyl (C=O) groups is 1. The van der Waals surface area contributed by atoms with Crippen LogP contribution in [0.5, 0.6) is 0 Å². The molecule has 26 heavy (non-hydrogen) atoms. The zero-order valence-electron chi connectivity index (χ0n) is 14.2. The fourth-order valence-electron chi connectivity index (χ4n) is 3.76. The Morgan fingerprint density at radius 2 is 1.42 bits per heavy atom. The number of nitrogens with zero attached hydrogens (tertiary/aromatic N) is 1. The van der Waals surface area contributed by atoms with E-state index in [4.69, 9.17) is 27.9 Å². The molecule has 2 aliphatic rings. The maximum Gasteiger partial charge on any atom is 0.350 e. The third-order valence-electron chi connectivity index (χ3n) is 4.95. The summed E-state index contributed by atoms with van der Waals surface area (Å²) in [7, 11) is 0. The summed E-state index contributed by atoms with van der Waals surface area (Å²) in [5.74, 6) is 0.142. The van der Waals surface area contributed by atoms with Crippen molar-refractivity contribution < 1.29 is 9.53 Å². The first-order valence-electron chi connectivity index (χ1n) is 8.80. The molecule has 2 aromatic carbocycles. The van der Waals surface area contributed by atoms with Crippen LogP contribution in [0.1, 0.15) is 25.7 Å². The molecule has 1 heterocycles. The molecule has 0 saturated carbocycles. The lowest BCUT2D eigenvalue weighted by Gasteiger charge is -2.44. The van der Waals surface area contributed by atoms with Crippen molar-refractivity contribution in [2.75, 3.05) is 4.90 Å². The van der Waals surface area contributed by atoms with Crippen LogP contribution in [0, 0.1) is 0 Å². The molecule has 0 N–H and O–H groups in total. The van der Waals surface area contributed by atoms with Crippen molar-refractivity contribution in [2.24, 2.45) is 0 Å². The second-order valence-corrected chi connectivity index (χ2v) is 8.00. The van der Waals surface area contributed by atoms with Gasteiger partial charge in [-0.05, 0) is 49.1 Å². The van der Waals surface area contributed by atoms with Crippen LogP contribution in [-0.2, 0) is 9.53 Å². The van der Waals surface area contributed by atoms with E-state index in [9.17, 15) is 4.79 Å². The Kier molecular flexibility index (Phi) is 4.68.